The van der Waals surface area contributed by atoms with Gasteiger partial charge in [0, 0.05) is 37.1 Å². The van der Waals surface area contributed by atoms with Gasteiger partial charge < -0.3 is 19.5 Å². The summed E-state index contributed by atoms with van der Waals surface area (Å²) in [7, 11) is 1.62. The molecule has 8 heteroatoms. The number of methoxy groups -OCH3 is 1. The van der Waals surface area contributed by atoms with Gasteiger partial charge >= 0.3 is 0 Å². The first-order chi connectivity index (χ1) is 14.1. The molecule has 0 radical (unpaired) electrons. The summed E-state index contributed by atoms with van der Waals surface area (Å²) in [5.74, 6) is 1.66. The van der Waals surface area contributed by atoms with E-state index in [1.807, 2.05) is 18.2 Å². The number of ether oxygens (including phenoxy) is 3. The van der Waals surface area contributed by atoms with E-state index < -0.39 is 0 Å². The molecule has 158 valence electrons. The molecule has 7 nitrogen and oxygen atoms in total. The summed E-state index contributed by atoms with van der Waals surface area (Å²) in [6.07, 6.45) is 0. The zero-order chi connectivity index (χ0) is 20.6. The van der Waals surface area contributed by atoms with Gasteiger partial charge in [0.15, 0.2) is 11.5 Å². The number of rotatable bonds is 9. The molecule has 0 aliphatic carbocycles. The van der Waals surface area contributed by atoms with Crippen LogP contribution in [0.2, 0.25) is 0 Å². The van der Waals surface area contributed by atoms with Crippen molar-refractivity contribution in [2.75, 3.05) is 53.1 Å². The van der Waals surface area contributed by atoms with Crippen molar-refractivity contribution in [3.05, 3.63) is 29.3 Å². The minimum atomic E-state index is -0.149. The van der Waals surface area contributed by atoms with Crippen molar-refractivity contribution in [1.29, 1.82) is 0 Å². The predicted octanol–water partition coefficient (Wildman–Crippen LogP) is 2.92. The molecule has 3 rings (SSSR count). The van der Waals surface area contributed by atoms with Gasteiger partial charge in [0.25, 0.3) is 5.91 Å². The molecule has 2 heterocycles. The summed E-state index contributed by atoms with van der Waals surface area (Å²) in [5.41, 5.74) is 1.34. The molecule has 0 saturated carbocycles. The van der Waals surface area contributed by atoms with E-state index >= 15 is 0 Å². The Morgan fingerprint density at radius 2 is 2.10 bits per heavy atom. The summed E-state index contributed by atoms with van der Waals surface area (Å²) in [6.45, 7) is 9.59. The van der Waals surface area contributed by atoms with E-state index in [0.29, 0.717) is 36.3 Å². The van der Waals surface area contributed by atoms with Gasteiger partial charge in [-0.05, 0) is 24.1 Å². The third-order valence-electron chi connectivity index (χ3n) is 4.54. The van der Waals surface area contributed by atoms with E-state index in [1.165, 1.54) is 11.3 Å². The molecule has 1 N–H and O–H groups in total. The van der Waals surface area contributed by atoms with E-state index in [4.69, 9.17) is 14.2 Å². The fourth-order valence-electron chi connectivity index (χ4n) is 2.93. The van der Waals surface area contributed by atoms with Crippen molar-refractivity contribution in [2.24, 2.45) is 5.92 Å². The van der Waals surface area contributed by atoms with Crippen LogP contribution in [-0.2, 0) is 4.74 Å². The van der Waals surface area contributed by atoms with E-state index in [0.717, 1.165) is 43.4 Å². The predicted molar refractivity (Wildman–Crippen MR) is 114 cm³/mol. The van der Waals surface area contributed by atoms with Crippen LogP contribution in [0.5, 0.6) is 11.5 Å². The topological polar surface area (TPSA) is 72.9 Å². The molecule has 0 bridgehead atoms. The zero-order valence-corrected chi connectivity index (χ0v) is 18.1. The number of aromatic nitrogens is 1. The number of nitrogens with one attached hydrogen (secondary N) is 1. The smallest absolute Gasteiger partial charge is 0.270 e. The van der Waals surface area contributed by atoms with Crippen LogP contribution in [0.15, 0.2) is 23.6 Å². The third-order valence-corrected chi connectivity index (χ3v) is 5.43. The zero-order valence-electron chi connectivity index (χ0n) is 17.3. The molecule has 0 atom stereocenters. The monoisotopic (exact) mass is 419 g/mol. The number of hydrogen-bond donors (Lipinski definition) is 1. The second-order valence-electron chi connectivity index (χ2n) is 7.32. The van der Waals surface area contributed by atoms with Gasteiger partial charge in [0.1, 0.15) is 10.7 Å². The number of carbonyl (C=O) groups excluding carboxylic acids is 1. The highest BCUT2D eigenvalue weighted by Crippen LogP contribution is 2.34. The molecule has 2 aromatic rings. The summed E-state index contributed by atoms with van der Waals surface area (Å²) >= 11 is 1.44. The number of amides is 1. The Morgan fingerprint density at radius 1 is 1.31 bits per heavy atom. The molecule has 1 aromatic carbocycles. The first kappa shape index (κ1) is 21.5. The third kappa shape index (κ3) is 6.16. The van der Waals surface area contributed by atoms with Crippen LogP contribution in [-0.4, -0.2) is 68.9 Å². The Kier molecular flexibility index (Phi) is 7.85. The largest absolute Gasteiger partial charge is 0.493 e. The van der Waals surface area contributed by atoms with E-state index in [2.05, 4.69) is 29.0 Å². The lowest BCUT2D eigenvalue weighted by Gasteiger charge is -2.26. The van der Waals surface area contributed by atoms with Gasteiger partial charge in [0.2, 0.25) is 0 Å². The van der Waals surface area contributed by atoms with Gasteiger partial charge in [-0.25, -0.2) is 4.98 Å². The highest BCUT2D eigenvalue weighted by molar-refractivity contribution is 7.13. The molecule has 1 saturated heterocycles. The lowest BCUT2D eigenvalue weighted by atomic mass is 10.2. The fraction of sp³-hybridized carbons (Fsp3) is 0.524. The fourth-order valence-corrected chi connectivity index (χ4v) is 3.73. The second-order valence-corrected chi connectivity index (χ2v) is 8.18. The Morgan fingerprint density at radius 3 is 2.83 bits per heavy atom. The Labute approximate surface area is 176 Å². The first-order valence-corrected chi connectivity index (χ1v) is 10.8. The molecule has 1 aliphatic rings. The number of nitrogens with zero attached hydrogens (tertiary/aromatic N) is 2. The van der Waals surface area contributed by atoms with Gasteiger partial charge in [-0.3, -0.25) is 9.69 Å². The quantitative estimate of drug-likeness (QED) is 0.674. The van der Waals surface area contributed by atoms with E-state index in [-0.39, 0.29) is 5.91 Å². The molecule has 29 heavy (non-hydrogen) atoms. The van der Waals surface area contributed by atoms with Crippen molar-refractivity contribution in [3.63, 3.8) is 0 Å². The van der Waals surface area contributed by atoms with Crippen LogP contribution in [0.4, 0.5) is 0 Å². The average molecular weight is 420 g/mol. The van der Waals surface area contributed by atoms with Crippen molar-refractivity contribution in [3.8, 4) is 22.1 Å². The number of carbonyl (C=O) groups is 1. The van der Waals surface area contributed by atoms with Crippen molar-refractivity contribution in [1.82, 2.24) is 15.2 Å². The van der Waals surface area contributed by atoms with Gasteiger partial charge in [-0.15, -0.1) is 11.3 Å². The SMILES string of the molecule is COc1cc(-c2nc(C(=O)NCCN3CCOCC3)cs2)ccc1OCC(C)C. The standard InChI is InChI=1S/C21H29N3O4S/c1-15(2)13-28-18-5-4-16(12-19(18)26-3)21-23-17(14-29-21)20(25)22-6-7-24-8-10-27-11-9-24/h4-5,12,14-15H,6-11,13H2,1-3H3,(H,22,25). The van der Waals surface area contributed by atoms with Crippen LogP contribution >= 0.6 is 11.3 Å². The van der Waals surface area contributed by atoms with Gasteiger partial charge in [-0.1, -0.05) is 13.8 Å². The first-order valence-electron chi connectivity index (χ1n) is 9.92. The minimum Gasteiger partial charge on any atom is -0.493 e. The molecule has 1 amide bonds. The maximum absolute atomic E-state index is 12.4. The second kappa shape index (κ2) is 10.6. The number of hydrogen-bond acceptors (Lipinski definition) is 7. The highest BCUT2D eigenvalue weighted by Gasteiger charge is 2.15. The van der Waals surface area contributed by atoms with Crippen LogP contribution < -0.4 is 14.8 Å². The maximum atomic E-state index is 12.4. The molecule has 1 aromatic heterocycles. The summed E-state index contributed by atoms with van der Waals surface area (Å²) in [6, 6.07) is 5.73. The van der Waals surface area contributed by atoms with Crippen molar-refractivity contribution in [2.45, 2.75) is 13.8 Å². The number of benzene rings is 1. The molecule has 1 aliphatic heterocycles. The molecule has 0 unspecified atom stereocenters. The Bertz CT molecular complexity index is 803. The van der Waals surface area contributed by atoms with Gasteiger partial charge in [-0.2, -0.15) is 0 Å². The number of thiazole rings is 1. The lowest BCUT2D eigenvalue weighted by Crippen LogP contribution is -2.41. The van der Waals surface area contributed by atoms with E-state index in [9.17, 15) is 4.79 Å². The van der Waals surface area contributed by atoms with E-state index in [1.54, 1.807) is 12.5 Å². The van der Waals surface area contributed by atoms with Crippen molar-refractivity contribution < 1.29 is 19.0 Å². The summed E-state index contributed by atoms with van der Waals surface area (Å²) in [4.78, 5) is 19.2. The summed E-state index contributed by atoms with van der Waals surface area (Å²) < 4.78 is 16.6. The molecular weight excluding hydrogens is 390 g/mol. The van der Waals surface area contributed by atoms with Crippen LogP contribution in [0.25, 0.3) is 10.6 Å². The average Bonchev–Trinajstić information content (AvgIpc) is 3.23. The minimum absolute atomic E-state index is 0.149. The number of morpholine rings is 1. The van der Waals surface area contributed by atoms with Crippen LogP contribution in [0, 0.1) is 5.92 Å². The Hall–Kier alpha value is -2.16. The van der Waals surface area contributed by atoms with Crippen molar-refractivity contribution >= 4 is 17.2 Å². The highest BCUT2D eigenvalue weighted by atomic mass is 32.1. The van der Waals surface area contributed by atoms with Crippen LogP contribution in [0.3, 0.4) is 0 Å². The molecule has 1 fully saturated rings. The molecule has 0 spiro atoms. The summed E-state index contributed by atoms with van der Waals surface area (Å²) in [5, 5.41) is 5.51. The Balaban J connectivity index is 1.58. The maximum Gasteiger partial charge on any atom is 0.270 e. The molecular formula is C21H29N3O4S. The van der Waals surface area contributed by atoms with Gasteiger partial charge in [0.05, 0.1) is 26.9 Å². The lowest BCUT2D eigenvalue weighted by molar-refractivity contribution is 0.0383. The van der Waals surface area contributed by atoms with Crippen LogP contribution in [0.1, 0.15) is 24.3 Å². The normalized spacial score (nSPS) is 14.8.